The van der Waals surface area contributed by atoms with Crippen LogP contribution in [0.4, 0.5) is 13.2 Å². The Morgan fingerprint density at radius 3 is 2.76 bits per heavy atom. The Morgan fingerprint density at radius 2 is 2.24 bits per heavy atom. The maximum Gasteiger partial charge on any atom is 0.435 e. The van der Waals surface area contributed by atoms with E-state index in [1.54, 1.807) is 5.48 Å². The molecule has 9 heteroatoms. The Labute approximate surface area is 98.2 Å². The maximum absolute atomic E-state index is 12.5. The summed E-state index contributed by atoms with van der Waals surface area (Å²) in [5.41, 5.74) is 0.566. The molecule has 5 nitrogen and oxygen atoms in total. The molecule has 0 aliphatic rings. The van der Waals surface area contributed by atoms with Crippen molar-refractivity contribution in [2.24, 2.45) is 0 Å². The first kappa shape index (κ1) is 13.9. The Morgan fingerprint density at radius 1 is 1.59 bits per heavy atom. The number of amides is 1. The highest BCUT2D eigenvalue weighted by Gasteiger charge is 2.39. The molecule has 17 heavy (non-hydrogen) atoms. The molecule has 1 aromatic rings. The third-order valence-corrected chi connectivity index (χ3v) is 2.54. The van der Waals surface area contributed by atoms with Gasteiger partial charge in [-0.1, -0.05) is 0 Å². The standard InChI is InChI=1S/C8H9F3N2O3S/c1-4-12-6(8(9,10)11)5(17-4)7(15)13-16-3-2-14/h14H,2-3H2,1H3,(H,13,15). The molecular weight excluding hydrogens is 261 g/mol. The van der Waals surface area contributed by atoms with E-state index in [2.05, 4.69) is 9.82 Å². The summed E-state index contributed by atoms with van der Waals surface area (Å²) < 4.78 is 37.5. The van der Waals surface area contributed by atoms with E-state index in [1.807, 2.05) is 0 Å². The molecule has 0 aliphatic heterocycles. The number of hydrogen-bond acceptors (Lipinski definition) is 5. The summed E-state index contributed by atoms with van der Waals surface area (Å²) in [5.74, 6) is -1.03. The zero-order valence-corrected chi connectivity index (χ0v) is 9.48. The summed E-state index contributed by atoms with van der Waals surface area (Å²) in [7, 11) is 0. The van der Waals surface area contributed by atoms with Gasteiger partial charge >= 0.3 is 6.18 Å². The van der Waals surface area contributed by atoms with Crippen molar-refractivity contribution in [3.8, 4) is 0 Å². The summed E-state index contributed by atoms with van der Waals surface area (Å²) in [6.45, 7) is 0.810. The lowest BCUT2D eigenvalue weighted by Gasteiger charge is -2.06. The van der Waals surface area contributed by atoms with Gasteiger partial charge in [-0.05, 0) is 6.92 Å². The van der Waals surface area contributed by atoms with Crippen LogP contribution in [-0.2, 0) is 11.0 Å². The van der Waals surface area contributed by atoms with E-state index in [9.17, 15) is 18.0 Å². The van der Waals surface area contributed by atoms with Gasteiger partial charge in [0.05, 0.1) is 18.2 Å². The van der Waals surface area contributed by atoms with Crippen molar-refractivity contribution < 1.29 is 27.9 Å². The molecule has 96 valence electrons. The number of hydrogen-bond donors (Lipinski definition) is 2. The molecule has 0 aliphatic carbocycles. The fourth-order valence-corrected chi connectivity index (χ4v) is 1.81. The van der Waals surface area contributed by atoms with Crippen LogP contribution in [0.2, 0.25) is 0 Å². The molecule has 2 N–H and O–H groups in total. The van der Waals surface area contributed by atoms with Gasteiger partial charge in [0.1, 0.15) is 4.88 Å². The smallest absolute Gasteiger partial charge is 0.394 e. The largest absolute Gasteiger partial charge is 0.435 e. The second-order valence-corrected chi connectivity index (χ2v) is 4.11. The summed E-state index contributed by atoms with van der Waals surface area (Å²) in [6, 6.07) is 0. The minimum Gasteiger partial charge on any atom is -0.394 e. The number of aliphatic hydroxyl groups excluding tert-OH is 1. The highest BCUT2D eigenvalue weighted by atomic mass is 32.1. The third-order valence-electron chi connectivity index (χ3n) is 1.57. The van der Waals surface area contributed by atoms with Crippen molar-refractivity contribution in [1.29, 1.82) is 0 Å². The molecule has 1 rings (SSSR count). The van der Waals surface area contributed by atoms with Crippen molar-refractivity contribution in [2.45, 2.75) is 13.1 Å². The van der Waals surface area contributed by atoms with Crippen LogP contribution in [0.3, 0.4) is 0 Å². The third kappa shape index (κ3) is 3.65. The predicted octanol–water partition coefficient (Wildman–Crippen LogP) is 1.12. The lowest BCUT2D eigenvalue weighted by molar-refractivity contribution is -0.141. The van der Waals surface area contributed by atoms with Gasteiger partial charge in [0.15, 0.2) is 5.69 Å². The number of aryl methyl sites for hydroxylation is 1. The van der Waals surface area contributed by atoms with E-state index in [-0.39, 0.29) is 18.2 Å². The Kier molecular flexibility index (Phi) is 4.43. The molecule has 0 saturated carbocycles. The van der Waals surface area contributed by atoms with E-state index < -0.39 is 22.7 Å². The SMILES string of the molecule is Cc1nc(C(F)(F)F)c(C(=O)NOCCO)s1. The van der Waals surface area contributed by atoms with Crippen molar-refractivity contribution >= 4 is 17.2 Å². The monoisotopic (exact) mass is 270 g/mol. The van der Waals surface area contributed by atoms with Gasteiger partial charge in [0.2, 0.25) is 0 Å². The van der Waals surface area contributed by atoms with E-state index in [4.69, 9.17) is 5.11 Å². The first-order chi connectivity index (χ1) is 7.86. The Bertz CT molecular complexity index is 405. The molecule has 0 spiro atoms. The summed E-state index contributed by atoms with van der Waals surface area (Å²) in [5, 5.41) is 8.50. The Balaban J connectivity index is 2.86. The van der Waals surface area contributed by atoms with Crippen LogP contribution in [-0.4, -0.2) is 29.2 Å². The highest BCUT2D eigenvalue weighted by Crippen LogP contribution is 2.33. The number of halogens is 3. The quantitative estimate of drug-likeness (QED) is 0.635. The van der Waals surface area contributed by atoms with Gasteiger partial charge in [0, 0.05) is 0 Å². The normalized spacial score (nSPS) is 11.6. The molecule has 1 amide bonds. The number of nitrogens with zero attached hydrogens (tertiary/aromatic N) is 1. The summed E-state index contributed by atoms with van der Waals surface area (Å²) in [6.07, 6.45) is -4.69. The fourth-order valence-electron chi connectivity index (χ4n) is 0.982. The summed E-state index contributed by atoms with van der Waals surface area (Å²) >= 11 is 0.622. The van der Waals surface area contributed by atoms with Crippen LogP contribution in [0, 0.1) is 6.92 Å². The topological polar surface area (TPSA) is 71.5 Å². The molecule has 0 radical (unpaired) electrons. The zero-order chi connectivity index (χ0) is 13.1. The number of rotatable bonds is 4. The molecule has 0 unspecified atom stereocenters. The molecule has 1 heterocycles. The first-order valence-electron chi connectivity index (χ1n) is 4.44. The van der Waals surface area contributed by atoms with E-state index in [1.165, 1.54) is 6.92 Å². The molecule has 0 fully saturated rings. The predicted molar refractivity (Wildman–Crippen MR) is 52.4 cm³/mol. The molecule has 0 saturated heterocycles. The van der Waals surface area contributed by atoms with Gasteiger partial charge in [0.25, 0.3) is 5.91 Å². The molecule has 1 aromatic heterocycles. The number of aliphatic hydroxyl groups is 1. The molecule has 0 atom stereocenters. The Hall–Kier alpha value is -1.19. The second-order valence-electron chi connectivity index (χ2n) is 2.91. The molecular formula is C8H9F3N2O3S. The molecule has 0 bridgehead atoms. The lowest BCUT2D eigenvalue weighted by Crippen LogP contribution is -2.26. The second kappa shape index (κ2) is 5.43. The van der Waals surface area contributed by atoms with E-state index in [0.29, 0.717) is 11.3 Å². The van der Waals surface area contributed by atoms with Crippen LogP contribution >= 0.6 is 11.3 Å². The van der Waals surface area contributed by atoms with E-state index in [0.717, 1.165) is 0 Å². The van der Waals surface area contributed by atoms with Gasteiger partial charge in [-0.3, -0.25) is 9.63 Å². The van der Waals surface area contributed by atoms with Gasteiger partial charge in [-0.2, -0.15) is 13.2 Å². The first-order valence-corrected chi connectivity index (χ1v) is 5.25. The number of carbonyl (C=O) groups excluding carboxylic acids is 1. The lowest BCUT2D eigenvalue weighted by atomic mass is 10.3. The van der Waals surface area contributed by atoms with Gasteiger partial charge in [-0.15, -0.1) is 11.3 Å². The number of nitrogens with one attached hydrogen (secondary N) is 1. The number of aromatic nitrogens is 1. The average molecular weight is 270 g/mol. The molecule has 0 aromatic carbocycles. The van der Waals surface area contributed by atoms with Gasteiger partial charge < -0.3 is 5.11 Å². The summed E-state index contributed by atoms with van der Waals surface area (Å²) in [4.78, 5) is 18.5. The average Bonchev–Trinajstić information content (AvgIpc) is 2.60. The zero-order valence-electron chi connectivity index (χ0n) is 8.67. The number of alkyl halides is 3. The van der Waals surface area contributed by atoms with Crippen molar-refractivity contribution in [3.05, 3.63) is 15.6 Å². The van der Waals surface area contributed by atoms with Crippen LogP contribution in [0.25, 0.3) is 0 Å². The fraction of sp³-hybridized carbons (Fsp3) is 0.500. The van der Waals surface area contributed by atoms with Crippen LogP contribution in [0.15, 0.2) is 0 Å². The van der Waals surface area contributed by atoms with Gasteiger partial charge in [-0.25, -0.2) is 10.5 Å². The maximum atomic E-state index is 12.5. The highest BCUT2D eigenvalue weighted by molar-refractivity contribution is 7.13. The van der Waals surface area contributed by atoms with Crippen molar-refractivity contribution in [3.63, 3.8) is 0 Å². The minimum atomic E-state index is -4.69. The van der Waals surface area contributed by atoms with Crippen molar-refractivity contribution in [1.82, 2.24) is 10.5 Å². The van der Waals surface area contributed by atoms with Crippen LogP contribution in [0.5, 0.6) is 0 Å². The van der Waals surface area contributed by atoms with Crippen molar-refractivity contribution in [2.75, 3.05) is 13.2 Å². The number of thiazole rings is 1. The van der Waals surface area contributed by atoms with E-state index >= 15 is 0 Å². The number of hydroxylamine groups is 1. The number of carbonyl (C=O) groups is 1. The van der Waals surface area contributed by atoms with Crippen LogP contribution < -0.4 is 5.48 Å². The minimum absolute atomic E-state index is 0.129. The van der Waals surface area contributed by atoms with Crippen LogP contribution in [0.1, 0.15) is 20.4 Å².